The molecule has 0 atom stereocenters. The number of amides is 1. The fourth-order valence-corrected chi connectivity index (χ4v) is 3.59. The van der Waals surface area contributed by atoms with Crippen molar-refractivity contribution in [1.29, 1.82) is 0 Å². The highest BCUT2D eigenvalue weighted by Crippen LogP contribution is 2.34. The number of hydrogen-bond donors (Lipinski definition) is 1. The SMILES string of the molecule is CCOC(=O)Cc1csc(SCC(=O)Nc2ccccc2C(F)(F)F)n1. The van der Waals surface area contributed by atoms with Crippen LogP contribution >= 0.6 is 23.1 Å². The Kier molecular flexibility index (Phi) is 7.04. The van der Waals surface area contributed by atoms with Gasteiger partial charge in [-0.3, -0.25) is 9.59 Å². The van der Waals surface area contributed by atoms with Crippen LogP contribution in [0.4, 0.5) is 18.9 Å². The van der Waals surface area contributed by atoms with Gasteiger partial charge in [0.2, 0.25) is 5.91 Å². The minimum Gasteiger partial charge on any atom is -0.466 e. The highest BCUT2D eigenvalue weighted by molar-refractivity contribution is 8.01. The third-order valence-electron chi connectivity index (χ3n) is 2.99. The Morgan fingerprint density at radius 3 is 2.73 bits per heavy atom. The van der Waals surface area contributed by atoms with Crippen LogP contribution in [0.15, 0.2) is 34.0 Å². The van der Waals surface area contributed by atoms with Gasteiger partial charge in [-0.2, -0.15) is 13.2 Å². The average Bonchev–Trinajstić information content (AvgIpc) is 3.00. The number of nitrogens with zero attached hydrogens (tertiary/aromatic N) is 1. The van der Waals surface area contributed by atoms with E-state index in [0.29, 0.717) is 10.0 Å². The summed E-state index contributed by atoms with van der Waals surface area (Å²) in [5.74, 6) is -1.07. The summed E-state index contributed by atoms with van der Waals surface area (Å²) in [5.41, 5.74) is -0.657. The van der Waals surface area contributed by atoms with Crippen molar-refractivity contribution in [2.75, 3.05) is 17.7 Å². The first-order chi connectivity index (χ1) is 12.3. The number of aromatic nitrogens is 1. The molecule has 1 amide bonds. The number of halogens is 3. The first-order valence-corrected chi connectivity index (χ1v) is 9.35. The van der Waals surface area contributed by atoms with Crippen LogP contribution in [0.1, 0.15) is 18.2 Å². The first kappa shape index (κ1) is 20.2. The molecule has 0 fully saturated rings. The van der Waals surface area contributed by atoms with E-state index in [1.54, 1.807) is 12.3 Å². The largest absolute Gasteiger partial charge is 0.466 e. The van der Waals surface area contributed by atoms with Gasteiger partial charge >= 0.3 is 12.1 Å². The van der Waals surface area contributed by atoms with Crippen molar-refractivity contribution >= 4 is 40.7 Å². The number of thiazole rings is 1. The molecule has 0 saturated heterocycles. The Hall–Kier alpha value is -2.07. The topological polar surface area (TPSA) is 68.3 Å². The van der Waals surface area contributed by atoms with Gasteiger partial charge in [0, 0.05) is 5.38 Å². The molecule has 0 radical (unpaired) electrons. The van der Waals surface area contributed by atoms with Crippen LogP contribution in [0.3, 0.4) is 0 Å². The molecule has 0 unspecified atom stereocenters. The van der Waals surface area contributed by atoms with Gasteiger partial charge in [-0.1, -0.05) is 23.9 Å². The third kappa shape index (κ3) is 6.03. The molecule has 1 aromatic heterocycles. The van der Waals surface area contributed by atoms with Crippen LogP contribution in [-0.2, 0) is 26.9 Å². The van der Waals surface area contributed by atoms with Gasteiger partial charge in [0.05, 0.1) is 35.7 Å². The Labute approximate surface area is 156 Å². The summed E-state index contributed by atoms with van der Waals surface area (Å²) in [6.45, 7) is 1.99. The van der Waals surface area contributed by atoms with Gasteiger partial charge in [-0.05, 0) is 19.1 Å². The van der Waals surface area contributed by atoms with E-state index in [9.17, 15) is 22.8 Å². The maximum absolute atomic E-state index is 12.9. The van der Waals surface area contributed by atoms with Crippen LogP contribution in [0, 0.1) is 0 Å². The number of anilines is 1. The van der Waals surface area contributed by atoms with Gasteiger partial charge in [0.1, 0.15) is 0 Å². The molecule has 0 aliphatic rings. The molecule has 0 aliphatic heterocycles. The Balaban J connectivity index is 1.90. The second kappa shape index (κ2) is 9.04. The number of carbonyl (C=O) groups excluding carboxylic acids is 2. The monoisotopic (exact) mass is 404 g/mol. The number of benzene rings is 1. The minimum atomic E-state index is -4.55. The van der Waals surface area contributed by atoms with E-state index in [1.165, 1.54) is 29.5 Å². The molecule has 1 N–H and O–H groups in total. The predicted octanol–water partition coefficient (Wildman–Crippen LogP) is 4.00. The second-order valence-corrected chi connectivity index (χ2v) is 7.05. The lowest BCUT2D eigenvalue weighted by molar-refractivity contribution is -0.142. The zero-order valence-electron chi connectivity index (χ0n) is 13.6. The number of esters is 1. The third-order valence-corrected chi connectivity index (χ3v) is 5.06. The number of ether oxygens (including phenoxy) is 1. The molecule has 0 bridgehead atoms. The van der Waals surface area contributed by atoms with E-state index in [1.807, 2.05) is 0 Å². The summed E-state index contributed by atoms with van der Waals surface area (Å²) in [4.78, 5) is 27.5. The van der Waals surface area contributed by atoms with Gasteiger partial charge in [-0.25, -0.2) is 4.98 Å². The highest BCUT2D eigenvalue weighted by atomic mass is 32.2. The number of thioether (sulfide) groups is 1. The van der Waals surface area contributed by atoms with Crippen LogP contribution in [0.25, 0.3) is 0 Å². The maximum atomic E-state index is 12.9. The normalized spacial score (nSPS) is 11.2. The van der Waals surface area contributed by atoms with Crippen molar-refractivity contribution in [2.45, 2.75) is 23.9 Å². The van der Waals surface area contributed by atoms with Gasteiger partial charge < -0.3 is 10.1 Å². The van der Waals surface area contributed by atoms with E-state index in [2.05, 4.69) is 10.3 Å². The van der Waals surface area contributed by atoms with Crippen LogP contribution < -0.4 is 5.32 Å². The van der Waals surface area contributed by atoms with E-state index >= 15 is 0 Å². The first-order valence-electron chi connectivity index (χ1n) is 7.48. The van der Waals surface area contributed by atoms with Crippen molar-refractivity contribution in [3.05, 3.63) is 40.9 Å². The zero-order valence-corrected chi connectivity index (χ0v) is 15.3. The second-order valence-electron chi connectivity index (χ2n) is 4.97. The number of para-hydroxylation sites is 1. The standard InChI is InChI=1S/C16H15F3N2O3S2/c1-2-24-14(23)7-10-8-25-15(20-10)26-9-13(22)21-12-6-4-3-5-11(12)16(17,18)19/h3-6,8H,2,7,9H2,1H3,(H,21,22). The summed E-state index contributed by atoms with van der Waals surface area (Å²) in [6.07, 6.45) is -4.51. The molecule has 1 heterocycles. The van der Waals surface area contributed by atoms with E-state index in [-0.39, 0.29) is 24.5 Å². The number of alkyl halides is 3. The fourth-order valence-electron chi connectivity index (χ4n) is 1.95. The molecule has 0 saturated carbocycles. The van der Waals surface area contributed by atoms with Crippen molar-refractivity contribution in [3.8, 4) is 0 Å². The fraction of sp³-hybridized carbons (Fsp3) is 0.312. The Morgan fingerprint density at radius 2 is 2.04 bits per heavy atom. The number of nitrogens with one attached hydrogen (secondary N) is 1. The maximum Gasteiger partial charge on any atom is 0.418 e. The zero-order chi connectivity index (χ0) is 19.2. The molecule has 5 nitrogen and oxygen atoms in total. The molecule has 140 valence electrons. The van der Waals surface area contributed by atoms with Gasteiger partial charge in [0.25, 0.3) is 0 Å². The average molecular weight is 404 g/mol. The quantitative estimate of drug-likeness (QED) is 0.558. The van der Waals surface area contributed by atoms with Crippen molar-refractivity contribution < 1.29 is 27.5 Å². The van der Waals surface area contributed by atoms with E-state index in [0.717, 1.165) is 17.8 Å². The van der Waals surface area contributed by atoms with Gasteiger partial charge in [-0.15, -0.1) is 11.3 Å². The molecule has 2 rings (SSSR count). The molecule has 1 aromatic carbocycles. The lowest BCUT2D eigenvalue weighted by Gasteiger charge is -2.13. The molecule has 10 heteroatoms. The summed E-state index contributed by atoms with van der Waals surface area (Å²) in [5, 5.41) is 3.94. The highest BCUT2D eigenvalue weighted by Gasteiger charge is 2.33. The minimum absolute atomic E-state index is 0.0378. The molecule has 26 heavy (non-hydrogen) atoms. The summed E-state index contributed by atoms with van der Waals surface area (Å²) in [7, 11) is 0. The summed E-state index contributed by atoms with van der Waals surface area (Å²) >= 11 is 2.33. The number of carbonyl (C=O) groups is 2. The smallest absolute Gasteiger partial charge is 0.418 e. The molecular weight excluding hydrogens is 389 g/mol. The number of hydrogen-bond acceptors (Lipinski definition) is 6. The van der Waals surface area contributed by atoms with Crippen molar-refractivity contribution in [3.63, 3.8) is 0 Å². The predicted molar refractivity (Wildman–Crippen MR) is 93.2 cm³/mol. The van der Waals surface area contributed by atoms with Gasteiger partial charge in [0.15, 0.2) is 4.34 Å². The summed E-state index contributed by atoms with van der Waals surface area (Å²) < 4.78 is 44.1. The lowest BCUT2D eigenvalue weighted by Crippen LogP contribution is -2.18. The Morgan fingerprint density at radius 1 is 1.31 bits per heavy atom. The molecular formula is C16H15F3N2O3S2. The van der Waals surface area contributed by atoms with Crippen LogP contribution in [-0.4, -0.2) is 29.2 Å². The van der Waals surface area contributed by atoms with E-state index in [4.69, 9.17) is 4.74 Å². The van der Waals surface area contributed by atoms with Crippen LogP contribution in [0.2, 0.25) is 0 Å². The van der Waals surface area contributed by atoms with E-state index < -0.39 is 23.6 Å². The lowest BCUT2D eigenvalue weighted by atomic mass is 10.1. The van der Waals surface area contributed by atoms with Crippen molar-refractivity contribution in [1.82, 2.24) is 4.98 Å². The van der Waals surface area contributed by atoms with Crippen molar-refractivity contribution in [2.24, 2.45) is 0 Å². The van der Waals surface area contributed by atoms with Crippen LogP contribution in [0.5, 0.6) is 0 Å². The summed E-state index contributed by atoms with van der Waals surface area (Å²) in [6, 6.07) is 4.78. The molecule has 0 aliphatic carbocycles. The molecule has 0 spiro atoms. The molecule has 2 aromatic rings. The number of rotatable bonds is 7. The Bertz CT molecular complexity index is 778.